The normalized spacial score (nSPS) is 16.6. The summed E-state index contributed by atoms with van der Waals surface area (Å²) in [5.74, 6) is 2.26. The zero-order valence-electron chi connectivity index (χ0n) is 12.1. The van der Waals surface area contributed by atoms with Gasteiger partial charge >= 0.3 is 0 Å². The van der Waals surface area contributed by atoms with Gasteiger partial charge in [-0.2, -0.15) is 0 Å². The highest BCUT2D eigenvalue weighted by molar-refractivity contribution is 5.82. The Balaban J connectivity index is 1.66. The standard InChI is InChI=1S/C16H18N2O3/c1-11-7-8-12(20-11)10-18(2)16(19)15-9-17-13-5-3-4-6-14(13)21-15/h3-8,15,17H,9-10H2,1-2H3. The third-order valence-corrected chi connectivity index (χ3v) is 3.47. The zero-order valence-corrected chi connectivity index (χ0v) is 12.1. The van der Waals surface area contributed by atoms with Crippen LogP contribution < -0.4 is 10.1 Å². The summed E-state index contributed by atoms with van der Waals surface area (Å²) in [7, 11) is 1.75. The Morgan fingerprint density at radius 2 is 2.14 bits per heavy atom. The van der Waals surface area contributed by atoms with E-state index in [-0.39, 0.29) is 5.91 Å². The molecular weight excluding hydrogens is 268 g/mol. The topological polar surface area (TPSA) is 54.7 Å². The van der Waals surface area contributed by atoms with Crippen molar-refractivity contribution in [1.82, 2.24) is 4.90 Å². The number of benzene rings is 1. The number of hydrogen-bond acceptors (Lipinski definition) is 4. The van der Waals surface area contributed by atoms with E-state index in [4.69, 9.17) is 9.15 Å². The molecule has 1 aromatic heterocycles. The summed E-state index contributed by atoms with van der Waals surface area (Å²) in [4.78, 5) is 14.1. The highest BCUT2D eigenvalue weighted by Crippen LogP contribution is 2.28. The van der Waals surface area contributed by atoms with E-state index in [2.05, 4.69) is 5.32 Å². The number of amides is 1. The Bertz CT molecular complexity index is 650. The Labute approximate surface area is 123 Å². The van der Waals surface area contributed by atoms with Gasteiger partial charge in [-0.1, -0.05) is 12.1 Å². The fraction of sp³-hybridized carbons (Fsp3) is 0.312. The monoisotopic (exact) mass is 286 g/mol. The van der Waals surface area contributed by atoms with Crippen LogP contribution in [-0.2, 0) is 11.3 Å². The van der Waals surface area contributed by atoms with Crippen molar-refractivity contribution in [1.29, 1.82) is 0 Å². The van der Waals surface area contributed by atoms with Crippen LogP contribution in [0, 0.1) is 6.92 Å². The third-order valence-electron chi connectivity index (χ3n) is 3.47. The molecule has 5 heteroatoms. The second-order valence-corrected chi connectivity index (χ2v) is 5.19. The van der Waals surface area contributed by atoms with Crippen molar-refractivity contribution in [2.24, 2.45) is 0 Å². The second kappa shape index (κ2) is 5.52. The molecule has 0 fully saturated rings. The van der Waals surface area contributed by atoms with E-state index in [9.17, 15) is 4.79 Å². The smallest absolute Gasteiger partial charge is 0.265 e. The summed E-state index contributed by atoms with van der Waals surface area (Å²) in [6.45, 7) is 2.79. The van der Waals surface area contributed by atoms with E-state index in [1.54, 1.807) is 11.9 Å². The van der Waals surface area contributed by atoms with Gasteiger partial charge in [0.15, 0.2) is 6.10 Å². The number of hydrogen-bond donors (Lipinski definition) is 1. The number of aryl methyl sites for hydroxylation is 1. The molecule has 21 heavy (non-hydrogen) atoms. The highest BCUT2D eigenvalue weighted by atomic mass is 16.5. The maximum absolute atomic E-state index is 12.4. The Morgan fingerprint density at radius 3 is 2.90 bits per heavy atom. The molecule has 3 rings (SSSR count). The number of ether oxygens (including phenoxy) is 1. The van der Waals surface area contributed by atoms with Crippen molar-refractivity contribution in [3.05, 3.63) is 47.9 Å². The lowest BCUT2D eigenvalue weighted by atomic mass is 10.2. The number of para-hydroxylation sites is 2. The van der Waals surface area contributed by atoms with Crippen LogP contribution in [0.25, 0.3) is 0 Å². The quantitative estimate of drug-likeness (QED) is 0.941. The van der Waals surface area contributed by atoms with Gasteiger partial charge in [0.1, 0.15) is 17.3 Å². The first-order valence-corrected chi connectivity index (χ1v) is 6.93. The summed E-state index contributed by atoms with van der Waals surface area (Å²) in [5.41, 5.74) is 0.922. The van der Waals surface area contributed by atoms with E-state index in [1.165, 1.54) is 0 Å². The van der Waals surface area contributed by atoms with Crippen LogP contribution in [0.4, 0.5) is 5.69 Å². The molecule has 0 saturated carbocycles. The fourth-order valence-electron chi connectivity index (χ4n) is 2.38. The average molecular weight is 286 g/mol. The fourth-order valence-corrected chi connectivity index (χ4v) is 2.38. The molecule has 2 heterocycles. The SMILES string of the molecule is Cc1ccc(CN(C)C(=O)C2CNc3ccccc3O2)o1. The average Bonchev–Trinajstić information content (AvgIpc) is 2.91. The van der Waals surface area contributed by atoms with Crippen molar-refractivity contribution in [2.75, 3.05) is 18.9 Å². The molecule has 0 radical (unpaired) electrons. The highest BCUT2D eigenvalue weighted by Gasteiger charge is 2.28. The van der Waals surface area contributed by atoms with Gasteiger partial charge in [-0.05, 0) is 31.2 Å². The molecule has 0 saturated heterocycles. The largest absolute Gasteiger partial charge is 0.477 e. The minimum Gasteiger partial charge on any atom is -0.477 e. The third kappa shape index (κ3) is 2.86. The number of anilines is 1. The number of fused-ring (bicyclic) bond motifs is 1. The number of nitrogens with zero attached hydrogens (tertiary/aromatic N) is 1. The van der Waals surface area contributed by atoms with Gasteiger partial charge in [0.05, 0.1) is 18.8 Å². The van der Waals surface area contributed by atoms with Gasteiger partial charge in [-0.3, -0.25) is 4.79 Å². The summed E-state index contributed by atoms with van der Waals surface area (Å²) >= 11 is 0. The van der Waals surface area contributed by atoms with Crippen LogP contribution in [0.1, 0.15) is 11.5 Å². The molecule has 2 aromatic rings. The van der Waals surface area contributed by atoms with Crippen molar-refractivity contribution < 1.29 is 13.9 Å². The van der Waals surface area contributed by atoms with Crippen LogP contribution in [0.5, 0.6) is 5.75 Å². The molecule has 110 valence electrons. The molecule has 1 aromatic carbocycles. The Morgan fingerprint density at radius 1 is 1.33 bits per heavy atom. The van der Waals surface area contributed by atoms with Crippen molar-refractivity contribution in [3.8, 4) is 5.75 Å². The predicted octanol–water partition coefficient (Wildman–Crippen LogP) is 2.42. The van der Waals surface area contributed by atoms with Gasteiger partial charge in [0.2, 0.25) is 0 Å². The minimum absolute atomic E-state index is 0.0638. The van der Waals surface area contributed by atoms with Crippen molar-refractivity contribution in [2.45, 2.75) is 19.6 Å². The molecular formula is C16H18N2O3. The summed E-state index contributed by atoms with van der Waals surface area (Å²) < 4.78 is 11.3. The molecule has 1 aliphatic heterocycles. The first-order valence-electron chi connectivity index (χ1n) is 6.93. The van der Waals surface area contributed by atoms with Crippen LogP contribution in [0.2, 0.25) is 0 Å². The number of rotatable bonds is 3. The Hall–Kier alpha value is -2.43. The molecule has 1 N–H and O–H groups in total. The van der Waals surface area contributed by atoms with Gasteiger partial charge in [-0.15, -0.1) is 0 Å². The maximum Gasteiger partial charge on any atom is 0.265 e. The Kier molecular flexibility index (Phi) is 3.56. The predicted molar refractivity (Wildman–Crippen MR) is 79.3 cm³/mol. The van der Waals surface area contributed by atoms with Gasteiger partial charge in [0, 0.05) is 7.05 Å². The molecule has 5 nitrogen and oxygen atoms in total. The lowest BCUT2D eigenvalue weighted by molar-refractivity contribution is -0.137. The lowest BCUT2D eigenvalue weighted by Crippen LogP contribution is -2.45. The molecule has 1 amide bonds. The maximum atomic E-state index is 12.4. The van der Waals surface area contributed by atoms with Crippen molar-refractivity contribution in [3.63, 3.8) is 0 Å². The number of carbonyl (C=O) groups excluding carboxylic acids is 1. The lowest BCUT2D eigenvalue weighted by Gasteiger charge is -2.29. The summed E-state index contributed by atoms with van der Waals surface area (Å²) in [6, 6.07) is 11.4. The number of furan rings is 1. The van der Waals surface area contributed by atoms with Gasteiger partial charge in [-0.25, -0.2) is 0 Å². The van der Waals surface area contributed by atoms with Crippen LogP contribution >= 0.6 is 0 Å². The van der Waals surface area contributed by atoms with Crippen LogP contribution in [-0.4, -0.2) is 30.5 Å². The number of likely N-dealkylation sites (N-methyl/N-ethyl adjacent to an activating group) is 1. The second-order valence-electron chi connectivity index (χ2n) is 5.19. The van der Waals surface area contributed by atoms with E-state index in [1.807, 2.05) is 43.3 Å². The molecule has 0 bridgehead atoms. The molecule has 1 unspecified atom stereocenters. The first-order chi connectivity index (χ1) is 10.1. The van der Waals surface area contributed by atoms with E-state index < -0.39 is 6.10 Å². The zero-order chi connectivity index (χ0) is 14.8. The van der Waals surface area contributed by atoms with Crippen LogP contribution in [0.3, 0.4) is 0 Å². The summed E-state index contributed by atoms with van der Waals surface area (Å²) in [5, 5.41) is 3.22. The van der Waals surface area contributed by atoms with Crippen molar-refractivity contribution >= 4 is 11.6 Å². The number of carbonyl (C=O) groups is 1. The van der Waals surface area contributed by atoms with E-state index in [0.29, 0.717) is 18.8 Å². The molecule has 0 spiro atoms. The van der Waals surface area contributed by atoms with Crippen LogP contribution in [0.15, 0.2) is 40.8 Å². The first kappa shape index (κ1) is 13.5. The van der Waals surface area contributed by atoms with Gasteiger partial charge < -0.3 is 19.4 Å². The molecule has 0 aliphatic carbocycles. The van der Waals surface area contributed by atoms with E-state index in [0.717, 1.165) is 17.2 Å². The molecule has 1 aliphatic rings. The minimum atomic E-state index is -0.513. The number of nitrogens with one attached hydrogen (secondary N) is 1. The van der Waals surface area contributed by atoms with E-state index >= 15 is 0 Å². The molecule has 1 atom stereocenters. The summed E-state index contributed by atoms with van der Waals surface area (Å²) in [6.07, 6.45) is -0.513. The van der Waals surface area contributed by atoms with Gasteiger partial charge in [0.25, 0.3) is 5.91 Å².